The minimum absolute atomic E-state index is 0.190. The number of alkyl halides is 2. The Morgan fingerprint density at radius 2 is 2.00 bits per heavy atom. The van der Waals surface area contributed by atoms with Crippen molar-refractivity contribution in [2.24, 2.45) is 0 Å². The van der Waals surface area contributed by atoms with Gasteiger partial charge in [0.05, 0.1) is 11.3 Å². The van der Waals surface area contributed by atoms with Crippen molar-refractivity contribution in [3.05, 3.63) is 24.4 Å². The van der Waals surface area contributed by atoms with Crippen molar-refractivity contribution in [1.29, 1.82) is 0 Å². The summed E-state index contributed by atoms with van der Waals surface area (Å²) in [6.45, 7) is 1.45. The van der Waals surface area contributed by atoms with Crippen molar-refractivity contribution in [2.75, 3.05) is 17.7 Å². The average molecular weight is 472 g/mol. The molecule has 34 heavy (non-hydrogen) atoms. The molecule has 0 aromatic carbocycles. The van der Waals surface area contributed by atoms with Crippen LogP contribution in [0.2, 0.25) is 0 Å². The molecule has 10 nitrogen and oxygen atoms in total. The van der Waals surface area contributed by atoms with E-state index in [0.717, 1.165) is 47.9 Å². The van der Waals surface area contributed by atoms with E-state index in [2.05, 4.69) is 36.0 Å². The van der Waals surface area contributed by atoms with Gasteiger partial charge in [-0.15, -0.1) is 10.2 Å². The van der Waals surface area contributed by atoms with E-state index in [1.165, 1.54) is 0 Å². The molecule has 1 saturated carbocycles. The fourth-order valence-corrected chi connectivity index (χ4v) is 4.56. The molecule has 0 unspecified atom stereocenters. The number of nitrogens with one attached hydrogen (secondary N) is 2. The molecule has 1 aliphatic rings. The summed E-state index contributed by atoms with van der Waals surface area (Å²) in [6.07, 6.45) is 3.22. The number of pyridine rings is 1. The Balaban J connectivity index is 1.46. The first-order valence-corrected chi connectivity index (χ1v) is 11.4. The van der Waals surface area contributed by atoms with Gasteiger partial charge < -0.3 is 15.7 Å². The molecule has 4 aromatic rings. The maximum absolute atomic E-state index is 12.9. The maximum atomic E-state index is 12.9. The SMILES string of the molecule is CCC1(O)CCC(Nc2nc(NC)c3c(-c4ccc5nnn(CC(F)F)c5n4)ccn3n2)CC1. The lowest BCUT2D eigenvalue weighted by atomic mass is 9.80. The first kappa shape index (κ1) is 22.4. The zero-order valence-electron chi connectivity index (χ0n) is 19.0. The molecule has 0 aliphatic heterocycles. The van der Waals surface area contributed by atoms with E-state index in [0.29, 0.717) is 28.6 Å². The number of aromatic nitrogens is 7. The van der Waals surface area contributed by atoms with Crippen LogP contribution in [-0.2, 0) is 6.54 Å². The third-order valence-electron chi connectivity index (χ3n) is 6.60. The number of halogens is 2. The van der Waals surface area contributed by atoms with Gasteiger partial charge in [-0.1, -0.05) is 12.1 Å². The third-order valence-corrected chi connectivity index (χ3v) is 6.60. The summed E-state index contributed by atoms with van der Waals surface area (Å²) in [5.41, 5.74) is 2.24. The summed E-state index contributed by atoms with van der Waals surface area (Å²) in [5, 5.41) is 29.4. The molecule has 1 fully saturated rings. The zero-order chi connectivity index (χ0) is 23.9. The van der Waals surface area contributed by atoms with Gasteiger partial charge in [-0.3, -0.25) is 0 Å². The van der Waals surface area contributed by atoms with Crippen molar-refractivity contribution < 1.29 is 13.9 Å². The summed E-state index contributed by atoms with van der Waals surface area (Å²) in [4.78, 5) is 9.23. The highest BCUT2D eigenvalue weighted by Crippen LogP contribution is 2.33. The average Bonchev–Trinajstić information content (AvgIpc) is 3.44. The van der Waals surface area contributed by atoms with Gasteiger partial charge in [0.1, 0.15) is 17.6 Å². The van der Waals surface area contributed by atoms with Crippen LogP contribution in [0.25, 0.3) is 27.9 Å². The predicted octanol–water partition coefficient (Wildman–Crippen LogP) is 3.34. The van der Waals surface area contributed by atoms with Crippen LogP contribution in [0.15, 0.2) is 24.4 Å². The first-order chi connectivity index (χ1) is 16.4. The Kier molecular flexibility index (Phi) is 5.76. The predicted molar refractivity (Wildman–Crippen MR) is 124 cm³/mol. The highest BCUT2D eigenvalue weighted by atomic mass is 19.3. The van der Waals surface area contributed by atoms with Gasteiger partial charge in [-0.05, 0) is 50.3 Å². The lowest BCUT2D eigenvalue weighted by Gasteiger charge is -2.35. The molecule has 1 aliphatic carbocycles. The molecule has 4 aromatic heterocycles. The molecular formula is C22H27F2N9O. The van der Waals surface area contributed by atoms with Crippen LogP contribution in [0.1, 0.15) is 39.0 Å². The molecule has 0 radical (unpaired) electrons. The van der Waals surface area contributed by atoms with Crippen LogP contribution >= 0.6 is 0 Å². The lowest BCUT2D eigenvalue weighted by molar-refractivity contribution is -0.00198. The fourth-order valence-electron chi connectivity index (χ4n) is 4.56. The number of anilines is 2. The molecule has 0 bridgehead atoms. The second-order valence-corrected chi connectivity index (χ2v) is 8.75. The Hall–Kier alpha value is -3.41. The molecule has 0 saturated heterocycles. The van der Waals surface area contributed by atoms with E-state index >= 15 is 0 Å². The largest absolute Gasteiger partial charge is 0.390 e. The summed E-state index contributed by atoms with van der Waals surface area (Å²) >= 11 is 0. The Morgan fingerprint density at radius 3 is 2.71 bits per heavy atom. The minimum Gasteiger partial charge on any atom is -0.390 e. The second kappa shape index (κ2) is 8.75. The van der Waals surface area contributed by atoms with E-state index in [1.54, 1.807) is 23.7 Å². The maximum Gasteiger partial charge on any atom is 0.258 e. The van der Waals surface area contributed by atoms with Crippen LogP contribution in [0, 0.1) is 0 Å². The van der Waals surface area contributed by atoms with E-state index in [9.17, 15) is 13.9 Å². The number of nitrogens with zero attached hydrogens (tertiary/aromatic N) is 7. The van der Waals surface area contributed by atoms with Crippen molar-refractivity contribution >= 4 is 28.4 Å². The Labute approximate surface area is 194 Å². The number of hydrogen-bond donors (Lipinski definition) is 3. The van der Waals surface area contributed by atoms with Crippen LogP contribution in [0.4, 0.5) is 20.5 Å². The van der Waals surface area contributed by atoms with E-state index in [-0.39, 0.29) is 6.04 Å². The standard InChI is InChI=1S/C22H27F2N9O/c1-3-22(34)9-6-13(7-10-22)26-21-28-19(25-2)18-14(8-11-32(18)30-21)15-4-5-16-20(27-15)33(31-29-16)12-17(23)24/h4-5,8,11,13,17,34H,3,6-7,9-10,12H2,1-2H3,(H2,25,26,28,30). The van der Waals surface area contributed by atoms with Gasteiger partial charge in [-0.2, -0.15) is 4.98 Å². The van der Waals surface area contributed by atoms with E-state index in [1.807, 2.05) is 19.2 Å². The summed E-state index contributed by atoms with van der Waals surface area (Å²) in [6, 6.07) is 5.55. The molecule has 3 N–H and O–H groups in total. The Bertz CT molecular complexity index is 1310. The number of fused-ring (bicyclic) bond motifs is 2. The monoisotopic (exact) mass is 471 g/mol. The van der Waals surface area contributed by atoms with Crippen molar-refractivity contribution in [1.82, 2.24) is 34.6 Å². The molecular weight excluding hydrogens is 444 g/mol. The topological polar surface area (TPSA) is 118 Å². The number of rotatable bonds is 7. The van der Waals surface area contributed by atoms with E-state index in [4.69, 9.17) is 0 Å². The third kappa shape index (κ3) is 4.13. The Morgan fingerprint density at radius 1 is 1.21 bits per heavy atom. The molecule has 0 spiro atoms. The first-order valence-electron chi connectivity index (χ1n) is 11.4. The van der Waals surface area contributed by atoms with Gasteiger partial charge in [0, 0.05) is 24.8 Å². The smallest absolute Gasteiger partial charge is 0.258 e. The minimum atomic E-state index is -2.55. The van der Waals surface area contributed by atoms with Crippen LogP contribution in [0.5, 0.6) is 0 Å². The molecule has 4 heterocycles. The van der Waals surface area contributed by atoms with Gasteiger partial charge >= 0.3 is 0 Å². The van der Waals surface area contributed by atoms with Gasteiger partial charge in [0.25, 0.3) is 6.43 Å². The number of aliphatic hydroxyl groups is 1. The molecule has 12 heteroatoms. The highest BCUT2D eigenvalue weighted by molar-refractivity contribution is 5.89. The quantitative estimate of drug-likeness (QED) is 0.376. The second-order valence-electron chi connectivity index (χ2n) is 8.75. The lowest BCUT2D eigenvalue weighted by Crippen LogP contribution is -2.38. The van der Waals surface area contributed by atoms with Crippen molar-refractivity contribution in [3.63, 3.8) is 0 Å². The molecule has 0 amide bonds. The van der Waals surface area contributed by atoms with Gasteiger partial charge in [0.2, 0.25) is 5.95 Å². The van der Waals surface area contributed by atoms with Crippen molar-refractivity contribution in [3.8, 4) is 11.3 Å². The molecule has 5 rings (SSSR count). The van der Waals surface area contributed by atoms with Crippen LogP contribution in [0.3, 0.4) is 0 Å². The van der Waals surface area contributed by atoms with Crippen LogP contribution < -0.4 is 10.6 Å². The summed E-state index contributed by atoms with van der Waals surface area (Å²) in [7, 11) is 1.78. The normalized spacial score (nSPS) is 20.9. The van der Waals surface area contributed by atoms with Gasteiger partial charge in [-0.25, -0.2) is 23.0 Å². The van der Waals surface area contributed by atoms with Crippen molar-refractivity contribution in [2.45, 2.75) is 63.6 Å². The summed E-state index contributed by atoms with van der Waals surface area (Å²) in [5.74, 6) is 1.10. The summed E-state index contributed by atoms with van der Waals surface area (Å²) < 4.78 is 28.7. The fraction of sp³-hybridized carbons (Fsp3) is 0.500. The molecule has 180 valence electrons. The van der Waals surface area contributed by atoms with Gasteiger partial charge in [0.15, 0.2) is 11.5 Å². The highest BCUT2D eigenvalue weighted by Gasteiger charge is 2.31. The number of hydrogen-bond acceptors (Lipinski definition) is 8. The molecule has 0 atom stereocenters. The van der Waals surface area contributed by atoms with E-state index < -0.39 is 18.6 Å². The van der Waals surface area contributed by atoms with Crippen LogP contribution in [-0.4, -0.2) is 64.8 Å². The zero-order valence-corrected chi connectivity index (χ0v) is 19.0.